The van der Waals surface area contributed by atoms with Crippen LogP contribution >= 0.6 is 15.9 Å². The highest BCUT2D eigenvalue weighted by atomic mass is 79.9. The first-order valence-corrected chi connectivity index (χ1v) is 6.84. The largest absolute Gasteiger partial charge is 0.294 e. The van der Waals surface area contributed by atoms with Crippen molar-refractivity contribution in [1.82, 2.24) is 0 Å². The number of carbonyl (C=O) groups excluding carboxylic acids is 1. The number of halogens is 1. The van der Waals surface area contributed by atoms with Crippen molar-refractivity contribution >= 4 is 21.7 Å². The maximum atomic E-state index is 12.0. The Morgan fingerprint density at radius 3 is 2.62 bits per heavy atom. The Kier molecular flexibility index (Phi) is 2.43. The Balaban J connectivity index is 2.20. The van der Waals surface area contributed by atoms with Crippen LogP contribution in [0, 0.1) is 0 Å². The van der Waals surface area contributed by atoms with E-state index in [1.54, 1.807) is 0 Å². The molecule has 0 radical (unpaired) electrons. The number of hydrogen-bond donors (Lipinski definition) is 0. The minimum Gasteiger partial charge on any atom is -0.294 e. The fraction of sp³-hybridized carbons (Fsp3) is 0.500. The van der Waals surface area contributed by atoms with Gasteiger partial charge in [0.2, 0.25) is 0 Å². The van der Waals surface area contributed by atoms with E-state index in [1.807, 2.05) is 6.07 Å². The van der Waals surface area contributed by atoms with Crippen LogP contribution in [0.1, 0.15) is 54.4 Å². The van der Waals surface area contributed by atoms with E-state index in [2.05, 4.69) is 28.1 Å². The lowest BCUT2D eigenvalue weighted by Gasteiger charge is -2.35. The fourth-order valence-electron chi connectivity index (χ4n) is 3.43. The van der Waals surface area contributed by atoms with Crippen LogP contribution in [0.3, 0.4) is 0 Å². The molecule has 84 valence electrons. The van der Waals surface area contributed by atoms with E-state index < -0.39 is 0 Å². The van der Waals surface area contributed by atoms with E-state index in [1.165, 1.54) is 31.2 Å². The van der Waals surface area contributed by atoms with Gasteiger partial charge >= 0.3 is 0 Å². The van der Waals surface area contributed by atoms with Crippen molar-refractivity contribution in [2.45, 2.75) is 43.9 Å². The van der Waals surface area contributed by atoms with Gasteiger partial charge in [-0.05, 0) is 36.3 Å². The van der Waals surface area contributed by atoms with Gasteiger partial charge in [-0.1, -0.05) is 40.9 Å². The van der Waals surface area contributed by atoms with Crippen molar-refractivity contribution in [3.8, 4) is 0 Å². The summed E-state index contributed by atoms with van der Waals surface area (Å²) in [5.41, 5.74) is 2.61. The van der Waals surface area contributed by atoms with Gasteiger partial charge < -0.3 is 0 Å². The zero-order valence-electron chi connectivity index (χ0n) is 9.26. The van der Waals surface area contributed by atoms with E-state index >= 15 is 0 Å². The van der Waals surface area contributed by atoms with Gasteiger partial charge in [0.1, 0.15) is 0 Å². The monoisotopic (exact) mass is 278 g/mol. The molecular weight excluding hydrogens is 264 g/mol. The second-order valence-electron chi connectivity index (χ2n) is 5.07. The van der Waals surface area contributed by atoms with Crippen molar-refractivity contribution in [2.24, 2.45) is 0 Å². The number of fused-ring (bicyclic) bond motifs is 2. The van der Waals surface area contributed by atoms with Crippen LogP contribution in [0.4, 0.5) is 0 Å². The van der Waals surface area contributed by atoms with Crippen LogP contribution in [0.25, 0.3) is 0 Å². The molecule has 1 spiro atoms. The maximum Gasteiger partial charge on any atom is 0.164 e. The van der Waals surface area contributed by atoms with Crippen molar-refractivity contribution < 1.29 is 4.79 Å². The molecule has 2 aliphatic carbocycles. The van der Waals surface area contributed by atoms with Crippen molar-refractivity contribution in [3.63, 3.8) is 0 Å². The second kappa shape index (κ2) is 3.69. The molecule has 0 amide bonds. The third kappa shape index (κ3) is 1.39. The number of rotatable bonds is 0. The van der Waals surface area contributed by atoms with Crippen molar-refractivity contribution in [3.05, 3.63) is 33.8 Å². The zero-order valence-corrected chi connectivity index (χ0v) is 10.8. The first-order valence-electron chi connectivity index (χ1n) is 6.05. The molecule has 0 heterocycles. The summed E-state index contributed by atoms with van der Waals surface area (Å²) in [4.78, 5) is 12.0. The van der Waals surface area contributed by atoms with E-state index in [0.717, 1.165) is 22.9 Å². The van der Waals surface area contributed by atoms with Crippen LogP contribution < -0.4 is 0 Å². The molecule has 3 rings (SSSR count). The van der Waals surface area contributed by atoms with E-state index in [4.69, 9.17) is 0 Å². The predicted molar refractivity (Wildman–Crippen MR) is 67.9 cm³/mol. The standard InChI is InChI=1S/C14H15BrO/c15-11-5-3-4-10-13(11)12(16)6-9-14(10)7-1-2-8-14/h3-5H,1-2,6-9H2. The normalized spacial score (nSPS) is 22.4. The summed E-state index contributed by atoms with van der Waals surface area (Å²) >= 11 is 3.53. The van der Waals surface area contributed by atoms with E-state index in [9.17, 15) is 4.79 Å². The maximum absolute atomic E-state index is 12.0. The zero-order chi connectivity index (χ0) is 11.2. The highest BCUT2D eigenvalue weighted by molar-refractivity contribution is 9.10. The van der Waals surface area contributed by atoms with Gasteiger partial charge in [0.05, 0.1) is 0 Å². The van der Waals surface area contributed by atoms with Crippen molar-refractivity contribution in [2.75, 3.05) is 0 Å². The lowest BCUT2D eigenvalue weighted by atomic mass is 9.68. The molecule has 0 atom stereocenters. The molecule has 0 bridgehead atoms. The molecule has 1 fully saturated rings. The third-order valence-electron chi connectivity index (χ3n) is 4.26. The molecule has 0 unspecified atom stereocenters. The Hall–Kier alpha value is -0.630. The van der Waals surface area contributed by atoms with Gasteiger partial charge in [-0.15, -0.1) is 0 Å². The Morgan fingerprint density at radius 2 is 1.88 bits per heavy atom. The summed E-state index contributed by atoms with van der Waals surface area (Å²) < 4.78 is 0.987. The first-order chi connectivity index (χ1) is 7.73. The smallest absolute Gasteiger partial charge is 0.164 e. The van der Waals surface area contributed by atoms with Crippen LogP contribution in [0.15, 0.2) is 22.7 Å². The van der Waals surface area contributed by atoms with Gasteiger partial charge in [-0.3, -0.25) is 4.79 Å². The number of benzene rings is 1. The molecule has 1 aromatic carbocycles. The van der Waals surface area contributed by atoms with Gasteiger partial charge in [0, 0.05) is 16.5 Å². The highest BCUT2D eigenvalue weighted by Crippen LogP contribution is 2.49. The molecule has 0 N–H and O–H groups in total. The average Bonchev–Trinajstić information content (AvgIpc) is 2.74. The summed E-state index contributed by atoms with van der Waals surface area (Å²) in [5.74, 6) is 0.319. The first kappa shape index (κ1) is 10.5. The third-order valence-corrected chi connectivity index (χ3v) is 4.92. The Morgan fingerprint density at radius 1 is 1.12 bits per heavy atom. The van der Waals surface area contributed by atoms with Gasteiger partial charge in [-0.2, -0.15) is 0 Å². The molecule has 1 nitrogen and oxygen atoms in total. The number of ketones is 1. The molecule has 0 aromatic heterocycles. The SMILES string of the molecule is O=C1CCC2(CCCC2)c2cccc(Br)c21. The summed E-state index contributed by atoms with van der Waals surface area (Å²) in [6, 6.07) is 6.23. The molecule has 0 aliphatic heterocycles. The van der Waals surface area contributed by atoms with Crippen LogP contribution in [0.5, 0.6) is 0 Å². The lowest BCUT2D eigenvalue weighted by Crippen LogP contribution is -2.30. The Labute approximate surface area is 104 Å². The second-order valence-corrected chi connectivity index (χ2v) is 5.93. The number of Topliss-reactive ketones (excluding diaryl/α,β-unsaturated/α-hetero) is 1. The van der Waals surface area contributed by atoms with E-state index in [0.29, 0.717) is 11.2 Å². The topological polar surface area (TPSA) is 17.1 Å². The number of carbonyl (C=O) groups is 1. The van der Waals surface area contributed by atoms with Crippen LogP contribution in [-0.4, -0.2) is 5.78 Å². The molecule has 2 heteroatoms. The minimum atomic E-state index is 0.319. The predicted octanol–water partition coefficient (Wildman–Crippen LogP) is 4.24. The van der Waals surface area contributed by atoms with Gasteiger partial charge in [-0.25, -0.2) is 0 Å². The van der Waals surface area contributed by atoms with Gasteiger partial charge in [0.25, 0.3) is 0 Å². The summed E-state index contributed by atoms with van der Waals surface area (Å²) in [5, 5.41) is 0. The molecule has 1 saturated carbocycles. The fourth-order valence-corrected chi connectivity index (χ4v) is 4.02. The van der Waals surface area contributed by atoms with Crippen LogP contribution in [-0.2, 0) is 5.41 Å². The summed E-state index contributed by atoms with van der Waals surface area (Å²) in [6.07, 6.45) is 6.97. The molecule has 0 saturated heterocycles. The van der Waals surface area contributed by atoms with E-state index in [-0.39, 0.29) is 0 Å². The summed E-state index contributed by atoms with van der Waals surface area (Å²) in [7, 11) is 0. The highest BCUT2D eigenvalue weighted by Gasteiger charge is 2.41. The minimum absolute atomic E-state index is 0.319. The average molecular weight is 279 g/mol. The molecule has 2 aliphatic rings. The number of hydrogen-bond acceptors (Lipinski definition) is 1. The summed E-state index contributed by atoms with van der Waals surface area (Å²) in [6.45, 7) is 0. The van der Waals surface area contributed by atoms with Crippen molar-refractivity contribution in [1.29, 1.82) is 0 Å². The lowest BCUT2D eigenvalue weighted by molar-refractivity contribution is 0.0951. The Bertz CT molecular complexity index is 444. The molecule has 16 heavy (non-hydrogen) atoms. The van der Waals surface area contributed by atoms with Crippen LogP contribution in [0.2, 0.25) is 0 Å². The van der Waals surface area contributed by atoms with Gasteiger partial charge in [0.15, 0.2) is 5.78 Å². The quantitative estimate of drug-likeness (QED) is 0.694. The molecular formula is C14H15BrO. The molecule has 1 aromatic rings.